The molecule has 6 heteroatoms. The van der Waals surface area contributed by atoms with Crippen molar-refractivity contribution in [3.63, 3.8) is 0 Å². The Bertz CT molecular complexity index is 663. The maximum Gasteiger partial charge on any atom is 0.411 e. The van der Waals surface area contributed by atoms with Crippen molar-refractivity contribution < 1.29 is 22.7 Å². The summed E-state index contributed by atoms with van der Waals surface area (Å²) in [5, 5.41) is 2.72. The van der Waals surface area contributed by atoms with Gasteiger partial charge in [-0.25, -0.2) is 0 Å². The lowest BCUT2D eigenvalue weighted by atomic mass is 9.76. The third kappa shape index (κ3) is 5.33. The molecule has 2 aromatic rings. The van der Waals surface area contributed by atoms with Gasteiger partial charge in [0.2, 0.25) is 5.91 Å². The second-order valence-electron chi connectivity index (χ2n) is 6.35. The van der Waals surface area contributed by atoms with Gasteiger partial charge in [0.25, 0.3) is 0 Å². The molecule has 140 valence electrons. The predicted octanol–water partition coefficient (Wildman–Crippen LogP) is 4.08. The number of amides is 1. The van der Waals surface area contributed by atoms with E-state index in [9.17, 15) is 18.0 Å². The number of ether oxygens (including phenoxy) is 1. The van der Waals surface area contributed by atoms with Gasteiger partial charge in [-0.1, -0.05) is 60.7 Å². The van der Waals surface area contributed by atoms with E-state index in [-0.39, 0.29) is 6.54 Å². The van der Waals surface area contributed by atoms with Gasteiger partial charge >= 0.3 is 6.18 Å². The number of halogens is 3. The smallest absolute Gasteiger partial charge is 0.359 e. The van der Waals surface area contributed by atoms with Crippen molar-refractivity contribution in [2.45, 2.75) is 31.5 Å². The zero-order chi connectivity index (χ0) is 19.2. The Morgan fingerprint density at radius 3 is 1.88 bits per heavy atom. The summed E-state index contributed by atoms with van der Waals surface area (Å²) in [6, 6.07) is 19.3. The highest BCUT2D eigenvalue weighted by atomic mass is 19.4. The Balaban J connectivity index is 2.12. The van der Waals surface area contributed by atoms with Crippen LogP contribution in [0.25, 0.3) is 0 Å². The first kappa shape index (κ1) is 20.0. The van der Waals surface area contributed by atoms with Gasteiger partial charge in [0.05, 0.1) is 0 Å². The number of benzene rings is 2. The van der Waals surface area contributed by atoms with E-state index < -0.39 is 30.2 Å². The zero-order valence-corrected chi connectivity index (χ0v) is 14.7. The lowest BCUT2D eigenvalue weighted by Crippen LogP contribution is -2.44. The first-order valence-corrected chi connectivity index (χ1v) is 8.29. The Labute approximate surface area is 151 Å². The molecule has 1 atom stereocenters. The van der Waals surface area contributed by atoms with Gasteiger partial charge in [-0.15, -0.1) is 0 Å². The molecule has 0 saturated carbocycles. The molecular weight excluding hydrogens is 343 g/mol. The van der Waals surface area contributed by atoms with E-state index in [4.69, 9.17) is 0 Å². The summed E-state index contributed by atoms with van der Waals surface area (Å²) in [4.78, 5) is 12.2. The van der Waals surface area contributed by atoms with Crippen LogP contribution in [0, 0.1) is 0 Å². The van der Waals surface area contributed by atoms with Crippen molar-refractivity contribution in [3.8, 4) is 0 Å². The Hall–Kier alpha value is -2.34. The van der Waals surface area contributed by atoms with E-state index >= 15 is 0 Å². The molecule has 0 aromatic heterocycles. The molecule has 0 fully saturated rings. The van der Waals surface area contributed by atoms with Gasteiger partial charge < -0.3 is 10.1 Å². The molecule has 0 spiro atoms. The molecule has 0 saturated heterocycles. The van der Waals surface area contributed by atoms with Crippen molar-refractivity contribution in [1.82, 2.24) is 5.32 Å². The van der Waals surface area contributed by atoms with Crippen LogP contribution >= 0.6 is 0 Å². The maximum absolute atomic E-state index is 12.2. The molecule has 0 bridgehead atoms. The average molecular weight is 365 g/mol. The second-order valence-corrected chi connectivity index (χ2v) is 6.35. The fourth-order valence-corrected chi connectivity index (χ4v) is 2.69. The van der Waals surface area contributed by atoms with Crippen molar-refractivity contribution >= 4 is 5.91 Å². The van der Waals surface area contributed by atoms with Gasteiger partial charge in [-0.3, -0.25) is 4.79 Å². The lowest BCUT2D eigenvalue weighted by molar-refractivity contribution is -0.185. The van der Waals surface area contributed by atoms with Gasteiger partial charge in [0.1, 0.15) is 12.7 Å². The topological polar surface area (TPSA) is 38.3 Å². The number of carbonyl (C=O) groups excluding carboxylic acids is 1. The van der Waals surface area contributed by atoms with Crippen molar-refractivity contribution in [3.05, 3.63) is 71.8 Å². The summed E-state index contributed by atoms with van der Waals surface area (Å²) in [5.41, 5.74) is 1.47. The minimum atomic E-state index is -4.46. The Morgan fingerprint density at radius 1 is 1.00 bits per heavy atom. The van der Waals surface area contributed by atoms with Crippen LogP contribution in [0.15, 0.2) is 60.7 Å². The minimum absolute atomic E-state index is 0.236. The van der Waals surface area contributed by atoms with Crippen LogP contribution in [-0.2, 0) is 14.9 Å². The van der Waals surface area contributed by atoms with E-state index in [1.165, 1.54) is 6.92 Å². The highest BCUT2D eigenvalue weighted by Gasteiger charge is 2.32. The highest BCUT2D eigenvalue weighted by molar-refractivity contribution is 5.80. The van der Waals surface area contributed by atoms with Gasteiger partial charge in [0.15, 0.2) is 0 Å². The molecule has 0 radical (unpaired) electrons. The number of carbonyl (C=O) groups is 1. The lowest BCUT2D eigenvalue weighted by Gasteiger charge is -2.32. The standard InChI is InChI=1S/C20H22F3NO2/c1-15(26-14-20(21,22)23)18(25)24-13-19(2,16-9-5-3-6-10-16)17-11-7-4-8-12-17/h3-12,15H,13-14H2,1-2H3,(H,24,25)/t15-/m0/s1. The van der Waals surface area contributed by atoms with Gasteiger partial charge in [-0.05, 0) is 25.0 Å². The summed E-state index contributed by atoms with van der Waals surface area (Å²) in [5.74, 6) is -0.577. The Kier molecular flexibility index (Phi) is 6.42. The molecule has 0 aliphatic rings. The van der Waals surface area contributed by atoms with Crippen LogP contribution in [-0.4, -0.2) is 31.3 Å². The predicted molar refractivity (Wildman–Crippen MR) is 93.8 cm³/mol. The van der Waals surface area contributed by atoms with Crippen LogP contribution < -0.4 is 5.32 Å². The summed E-state index contributed by atoms with van der Waals surface area (Å²) in [6.45, 7) is 2.08. The van der Waals surface area contributed by atoms with Gasteiger partial charge in [-0.2, -0.15) is 13.2 Å². The Morgan fingerprint density at radius 2 is 1.46 bits per heavy atom. The third-order valence-corrected chi connectivity index (χ3v) is 4.30. The number of hydrogen-bond donors (Lipinski definition) is 1. The average Bonchev–Trinajstić information content (AvgIpc) is 2.64. The van der Waals surface area contributed by atoms with Crippen LogP contribution in [0.3, 0.4) is 0 Å². The quantitative estimate of drug-likeness (QED) is 0.803. The minimum Gasteiger partial charge on any atom is -0.359 e. The largest absolute Gasteiger partial charge is 0.411 e. The summed E-state index contributed by atoms with van der Waals surface area (Å²) in [7, 11) is 0. The summed E-state index contributed by atoms with van der Waals surface area (Å²) in [6.07, 6.45) is -5.65. The maximum atomic E-state index is 12.2. The summed E-state index contributed by atoms with van der Waals surface area (Å²) >= 11 is 0. The highest BCUT2D eigenvalue weighted by Crippen LogP contribution is 2.31. The van der Waals surface area contributed by atoms with E-state index in [0.717, 1.165) is 11.1 Å². The first-order chi connectivity index (χ1) is 12.2. The molecule has 1 N–H and O–H groups in total. The molecule has 0 aliphatic heterocycles. The molecule has 1 amide bonds. The fourth-order valence-electron chi connectivity index (χ4n) is 2.69. The van der Waals surface area contributed by atoms with Crippen molar-refractivity contribution in [2.24, 2.45) is 0 Å². The number of nitrogens with one attached hydrogen (secondary N) is 1. The van der Waals surface area contributed by atoms with Gasteiger partial charge in [0, 0.05) is 12.0 Å². The molecule has 2 rings (SSSR count). The normalized spacial score (nSPS) is 13.3. The van der Waals surface area contributed by atoms with E-state index in [2.05, 4.69) is 10.1 Å². The van der Waals surface area contributed by atoms with Crippen LogP contribution in [0.2, 0.25) is 0 Å². The van der Waals surface area contributed by atoms with Crippen LogP contribution in [0.1, 0.15) is 25.0 Å². The molecule has 26 heavy (non-hydrogen) atoms. The van der Waals surface area contributed by atoms with Crippen molar-refractivity contribution in [1.29, 1.82) is 0 Å². The molecule has 0 unspecified atom stereocenters. The molecule has 0 heterocycles. The van der Waals surface area contributed by atoms with E-state index in [1.54, 1.807) is 0 Å². The fraction of sp³-hybridized carbons (Fsp3) is 0.350. The summed E-state index contributed by atoms with van der Waals surface area (Å²) < 4.78 is 41.3. The zero-order valence-electron chi connectivity index (χ0n) is 14.7. The molecule has 0 aliphatic carbocycles. The van der Waals surface area contributed by atoms with E-state index in [0.29, 0.717) is 0 Å². The third-order valence-electron chi connectivity index (χ3n) is 4.30. The molecular formula is C20H22F3NO2. The van der Waals surface area contributed by atoms with Crippen molar-refractivity contribution in [2.75, 3.05) is 13.2 Å². The second kappa shape index (κ2) is 8.36. The first-order valence-electron chi connectivity index (χ1n) is 8.29. The van der Waals surface area contributed by atoms with Crippen LogP contribution in [0.4, 0.5) is 13.2 Å². The van der Waals surface area contributed by atoms with Crippen LogP contribution in [0.5, 0.6) is 0 Å². The number of alkyl halides is 3. The van der Waals surface area contributed by atoms with E-state index in [1.807, 2.05) is 67.6 Å². The monoisotopic (exact) mass is 365 g/mol. The number of hydrogen-bond acceptors (Lipinski definition) is 2. The molecule has 3 nitrogen and oxygen atoms in total. The molecule has 2 aromatic carbocycles. The SMILES string of the molecule is C[C@H](OCC(F)(F)F)C(=O)NCC(C)(c1ccccc1)c1ccccc1. The number of rotatable bonds is 7.